The van der Waals surface area contributed by atoms with Gasteiger partial charge in [0.1, 0.15) is 17.7 Å². The van der Waals surface area contributed by atoms with Crippen LogP contribution in [0.5, 0.6) is 0 Å². The molecule has 3 aliphatic heterocycles. The van der Waals surface area contributed by atoms with E-state index in [9.17, 15) is 8.78 Å². The average Bonchev–Trinajstić information content (AvgIpc) is 3.30. The maximum Gasteiger partial charge on any atom is 0.129 e. The molecule has 3 atom stereocenters. The third kappa shape index (κ3) is 4.26. The predicted octanol–water partition coefficient (Wildman–Crippen LogP) is 3.32. The summed E-state index contributed by atoms with van der Waals surface area (Å²) < 4.78 is 41.3. The molecule has 0 bridgehead atoms. The van der Waals surface area contributed by atoms with E-state index in [-0.39, 0.29) is 11.6 Å². The van der Waals surface area contributed by atoms with Crippen LogP contribution in [-0.2, 0) is 22.6 Å². The molecule has 4 heterocycles. The maximum atomic E-state index is 14.2. The Morgan fingerprint density at radius 1 is 1.19 bits per heavy atom. The van der Waals surface area contributed by atoms with Crippen molar-refractivity contribution in [2.24, 2.45) is 5.73 Å². The summed E-state index contributed by atoms with van der Waals surface area (Å²) >= 11 is 1.81. The summed E-state index contributed by atoms with van der Waals surface area (Å²) in [6.07, 6.45) is 2.16. The number of aromatic nitrogens is 2. The van der Waals surface area contributed by atoms with Crippen LogP contribution in [-0.4, -0.2) is 51.2 Å². The second kappa shape index (κ2) is 8.78. The van der Waals surface area contributed by atoms with E-state index in [0.717, 1.165) is 57.0 Å². The van der Waals surface area contributed by atoms with Gasteiger partial charge in [0.05, 0.1) is 18.0 Å². The lowest BCUT2D eigenvalue weighted by molar-refractivity contribution is -0.0533. The van der Waals surface area contributed by atoms with Gasteiger partial charge < -0.3 is 15.2 Å². The lowest BCUT2D eigenvalue weighted by Gasteiger charge is -2.38. The summed E-state index contributed by atoms with van der Waals surface area (Å²) in [6.45, 7) is 5.80. The third-order valence-electron chi connectivity index (χ3n) is 6.60. The Morgan fingerprint density at radius 3 is 2.74 bits per heavy atom. The van der Waals surface area contributed by atoms with Crippen LogP contribution in [0.3, 0.4) is 0 Å². The van der Waals surface area contributed by atoms with Crippen LogP contribution in [0.25, 0.3) is 0 Å². The van der Waals surface area contributed by atoms with Crippen molar-refractivity contribution in [1.29, 1.82) is 0 Å². The van der Waals surface area contributed by atoms with E-state index < -0.39 is 23.8 Å². The Balaban J connectivity index is 1.22. The highest BCUT2D eigenvalue weighted by atomic mass is 32.2. The SMILES string of the molecule is Cc1c2c(nn1SC1CCOCC1)CN(C1CO[C@H](c3cc(F)ccc3F)C(N)C1)C2. The Labute approximate surface area is 185 Å². The zero-order chi connectivity index (χ0) is 21.5. The molecule has 2 aromatic rings. The van der Waals surface area contributed by atoms with Crippen LogP contribution >= 0.6 is 11.9 Å². The fourth-order valence-electron chi connectivity index (χ4n) is 4.79. The van der Waals surface area contributed by atoms with Crippen molar-refractivity contribution in [2.75, 3.05) is 19.8 Å². The summed E-state index contributed by atoms with van der Waals surface area (Å²) in [5.74, 6) is -0.960. The first kappa shape index (κ1) is 21.3. The Bertz CT molecular complexity index is 950. The highest BCUT2D eigenvalue weighted by Gasteiger charge is 2.38. The number of nitrogens with zero attached hydrogens (tertiary/aromatic N) is 3. The van der Waals surface area contributed by atoms with Crippen molar-refractivity contribution in [1.82, 2.24) is 14.1 Å². The highest BCUT2D eigenvalue weighted by molar-refractivity contribution is 7.98. The molecule has 2 saturated heterocycles. The van der Waals surface area contributed by atoms with E-state index in [1.807, 2.05) is 11.9 Å². The minimum Gasteiger partial charge on any atom is -0.381 e. The molecule has 1 aromatic heterocycles. The van der Waals surface area contributed by atoms with Crippen LogP contribution in [0, 0.1) is 18.6 Å². The smallest absolute Gasteiger partial charge is 0.129 e. The molecule has 0 saturated carbocycles. The predicted molar refractivity (Wildman–Crippen MR) is 114 cm³/mol. The summed E-state index contributed by atoms with van der Waals surface area (Å²) in [6, 6.07) is 3.17. The van der Waals surface area contributed by atoms with Gasteiger partial charge in [0.2, 0.25) is 0 Å². The molecule has 0 amide bonds. The molecule has 2 fully saturated rings. The fourth-order valence-corrected chi connectivity index (χ4v) is 5.89. The molecular weight excluding hydrogens is 422 g/mol. The van der Waals surface area contributed by atoms with Crippen molar-refractivity contribution >= 4 is 11.9 Å². The number of rotatable bonds is 4. The topological polar surface area (TPSA) is 65.5 Å². The lowest BCUT2D eigenvalue weighted by atomic mass is 9.93. The molecule has 0 radical (unpaired) electrons. The molecule has 0 aliphatic carbocycles. The van der Waals surface area contributed by atoms with Crippen LogP contribution < -0.4 is 5.73 Å². The number of halogens is 2. The largest absolute Gasteiger partial charge is 0.381 e. The second-order valence-electron chi connectivity index (χ2n) is 8.68. The van der Waals surface area contributed by atoms with Gasteiger partial charge in [0.25, 0.3) is 0 Å². The maximum absolute atomic E-state index is 14.2. The van der Waals surface area contributed by atoms with E-state index in [2.05, 4.69) is 15.9 Å². The van der Waals surface area contributed by atoms with Crippen molar-refractivity contribution in [3.05, 3.63) is 52.3 Å². The number of hydrogen-bond donors (Lipinski definition) is 1. The molecule has 6 nitrogen and oxygen atoms in total. The zero-order valence-corrected chi connectivity index (χ0v) is 18.4. The molecule has 31 heavy (non-hydrogen) atoms. The monoisotopic (exact) mass is 450 g/mol. The van der Waals surface area contributed by atoms with Gasteiger partial charge >= 0.3 is 0 Å². The van der Waals surface area contributed by atoms with Crippen LogP contribution in [0.1, 0.15) is 47.9 Å². The lowest BCUT2D eigenvalue weighted by Crippen LogP contribution is -2.47. The molecule has 9 heteroatoms. The molecule has 0 spiro atoms. The number of ether oxygens (including phenoxy) is 2. The van der Waals surface area contributed by atoms with Gasteiger partial charge in [0.15, 0.2) is 0 Å². The fraction of sp³-hybridized carbons (Fsp3) is 0.591. The van der Waals surface area contributed by atoms with Gasteiger partial charge in [-0.3, -0.25) is 4.90 Å². The highest BCUT2D eigenvalue weighted by Crippen LogP contribution is 2.36. The van der Waals surface area contributed by atoms with Crippen LogP contribution in [0.2, 0.25) is 0 Å². The molecule has 2 N–H and O–H groups in total. The van der Waals surface area contributed by atoms with Crippen molar-refractivity contribution in [3.63, 3.8) is 0 Å². The van der Waals surface area contributed by atoms with Gasteiger partial charge in [0, 0.05) is 54.8 Å². The molecule has 3 aliphatic rings. The van der Waals surface area contributed by atoms with Gasteiger partial charge in [-0.1, -0.05) is 0 Å². The van der Waals surface area contributed by atoms with E-state index in [0.29, 0.717) is 18.3 Å². The second-order valence-corrected chi connectivity index (χ2v) is 9.90. The quantitative estimate of drug-likeness (QED) is 0.771. The standard InChI is InChI=1S/C22H28F2N4O2S/c1-13-18-10-27(11-21(18)26-28(13)31-16-4-6-29-7-5-16)15-9-20(25)22(30-12-15)17-8-14(23)2-3-19(17)24/h2-3,8,15-16,20,22H,4-7,9-12,25H2,1H3/t15?,20?,22-/m1/s1. The van der Waals surface area contributed by atoms with Gasteiger partial charge in [-0.25, -0.2) is 12.9 Å². The molecule has 1 aromatic carbocycles. The van der Waals surface area contributed by atoms with Gasteiger partial charge in [-0.2, -0.15) is 5.10 Å². The first-order valence-corrected chi connectivity index (χ1v) is 11.7. The molecule has 168 valence electrons. The molecule has 5 rings (SSSR count). The van der Waals surface area contributed by atoms with E-state index in [4.69, 9.17) is 20.3 Å². The van der Waals surface area contributed by atoms with E-state index in [1.54, 1.807) is 0 Å². The molecule has 2 unspecified atom stereocenters. The minimum atomic E-state index is -0.626. The number of hydrogen-bond acceptors (Lipinski definition) is 6. The average molecular weight is 451 g/mol. The van der Waals surface area contributed by atoms with Crippen molar-refractivity contribution < 1.29 is 18.3 Å². The Morgan fingerprint density at radius 2 is 2.00 bits per heavy atom. The number of fused-ring (bicyclic) bond motifs is 1. The minimum absolute atomic E-state index is 0.132. The van der Waals surface area contributed by atoms with Crippen LogP contribution in [0.4, 0.5) is 8.78 Å². The summed E-state index contributed by atoms with van der Waals surface area (Å²) in [5, 5.41) is 5.42. The van der Waals surface area contributed by atoms with Crippen molar-refractivity contribution in [2.45, 2.75) is 62.7 Å². The normalized spacial score (nSPS) is 27.5. The first-order chi connectivity index (χ1) is 15.0. The Hall–Kier alpha value is -1.52. The van der Waals surface area contributed by atoms with E-state index >= 15 is 0 Å². The van der Waals surface area contributed by atoms with Crippen LogP contribution in [0.15, 0.2) is 18.2 Å². The Kier molecular flexibility index (Phi) is 6.04. The summed E-state index contributed by atoms with van der Waals surface area (Å²) in [4.78, 5) is 2.34. The molecular formula is C22H28F2N4O2S. The van der Waals surface area contributed by atoms with Gasteiger partial charge in [-0.05, 0) is 56.3 Å². The number of benzene rings is 1. The summed E-state index contributed by atoms with van der Waals surface area (Å²) in [7, 11) is 0. The first-order valence-electron chi connectivity index (χ1n) is 10.9. The number of nitrogens with two attached hydrogens (primary N) is 1. The summed E-state index contributed by atoms with van der Waals surface area (Å²) in [5.41, 5.74) is 10.2. The van der Waals surface area contributed by atoms with Crippen molar-refractivity contribution in [3.8, 4) is 0 Å². The zero-order valence-electron chi connectivity index (χ0n) is 17.6. The van der Waals surface area contributed by atoms with Gasteiger partial charge in [-0.15, -0.1) is 0 Å². The van der Waals surface area contributed by atoms with E-state index in [1.165, 1.54) is 17.3 Å². The third-order valence-corrected chi connectivity index (χ3v) is 7.92.